The molecule has 0 saturated carbocycles. The minimum absolute atomic E-state index is 0.269. The van der Waals surface area contributed by atoms with Crippen molar-refractivity contribution in [1.29, 1.82) is 0 Å². The van der Waals surface area contributed by atoms with Crippen molar-refractivity contribution in [1.82, 2.24) is 10.2 Å². The summed E-state index contributed by atoms with van der Waals surface area (Å²) in [6.45, 7) is 3.66. The highest BCUT2D eigenvalue weighted by molar-refractivity contribution is 6.08. The Bertz CT molecular complexity index is 849. The standard InChI is InChI=1S/C21H23N3O3/c1-14(2)12-18-20(26)24(21(27)23-18)13-19(25)22-17-11-7-6-10-16(17)15-8-4-3-5-9-15/h3-11,14,18H,12-13H2,1-2H3,(H,22,25)(H,23,27)/t18-/m1/s1. The zero-order chi connectivity index (χ0) is 19.4. The van der Waals surface area contributed by atoms with Gasteiger partial charge in [-0.2, -0.15) is 0 Å². The molecule has 2 N–H and O–H groups in total. The Hall–Kier alpha value is -3.15. The molecule has 0 radical (unpaired) electrons. The molecule has 140 valence electrons. The van der Waals surface area contributed by atoms with Crippen molar-refractivity contribution in [2.24, 2.45) is 5.92 Å². The molecule has 2 aromatic carbocycles. The van der Waals surface area contributed by atoms with E-state index in [1.807, 2.05) is 62.4 Å². The summed E-state index contributed by atoms with van der Waals surface area (Å²) in [4.78, 5) is 37.9. The van der Waals surface area contributed by atoms with E-state index in [0.717, 1.165) is 16.0 Å². The first kappa shape index (κ1) is 18.6. The van der Waals surface area contributed by atoms with E-state index < -0.39 is 18.0 Å². The van der Waals surface area contributed by atoms with E-state index in [4.69, 9.17) is 0 Å². The van der Waals surface area contributed by atoms with Crippen LogP contribution in [0.2, 0.25) is 0 Å². The van der Waals surface area contributed by atoms with Gasteiger partial charge in [0.1, 0.15) is 12.6 Å². The Labute approximate surface area is 158 Å². The third-order valence-electron chi connectivity index (χ3n) is 4.40. The molecular formula is C21H23N3O3. The molecule has 1 fully saturated rings. The summed E-state index contributed by atoms with van der Waals surface area (Å²) in [5, 5.41) is 5.47. The van der Waals surface area contributed by atoms with Crippen LogP contribution in [0.3, 0.4) is 0 Å². The molecule has 0 bridgehead atoms. The van der Waals surface area contributed by atoms with Crippen LogP contribution >= 0.6 is 0 Å². The third-order valence-corrected chi connectivity index (χ3v) is 4.40. The van der Waals surface area contributed by atoms with Gasteiger partial charge in [-0.25, -0.2) is 4.79 Å². The molecule has 1 atom stereocenters. The summed E-state index contributed by atoms with van der Waals surface area (Å²) in [6, 6.07) is 16.1. The molecule has 1 saturated heterocycles. The molecule has 1 heterocycles. The second-order valence-electron chi connectivity index (χ2n) is 7.02. The molecule has 27 heavy (non-hydrogen) atoms. The molecule has 6 nitrogen and oxygen atoms in total. The number of nitrogens with zero attached hydrogens (tertiary/aromatic N) is 1. The second-order valence-corrected chi connectivity index (χ2v) is 7.02. The van der Waals surface area contributed by atoms with Gasteiger partial charge in [0.25, 0.3) is 5.91 Å². The molecule has 1 aliphatic heterocycles. The fourth-order valence-corrected chi connectivity index (χ4v) is 3.15. The van der Waals surface area contributed by atoms with Crippen LogP contribution in [0, 0.1) is 5.92 Å². The summed E-state index contributed by atoms with van der Waals surface area (Å²) in [7, 11) is 0. The van der Waals surface area contributed by atoms with Gasteiger partial charge < -0.3 is 10.6 Å². The number of anilines is 1. The Morgan fingerprint density at radius 1 is 1.07 bits per heavy atom. The Morgan fingerprint density at radius 3 is 2.44 bits per heavy atom. The topological polar surface area (TPSA) is 78.5 Å². The molecular weight excluding hydrogens is 342 g/mol. The first-order valence-electron chi connectivity index (χ1n) is 9.02. The summed E-state index contributed by atoms with van der Waals surface area (Å²) in [5.41, 5.74) is 2.49. The van der Waals surface area contributed by atoms with Gasteiger partial charge in [0.2, 0.25) is 5.91 Å². The minimum Gasteiger partial charge on any atom is -0.326 e. The highest BCUT2D eigenvalue weighted by Crippen LogP contribution is 2.27. The summed E-state index contributed by atoms with van der Waals surface area (Å²) in [6.07, 6.45) is 0.555. The fraction of sp³-hybridized carbons (Fsp3) is 0.286. The number of hydrogen-bond acceptors (Lipinski definition) is 3. The Kier molecular flexibility index (Phi) is 5.54. The lowest BCUT2D eigenvalue weighted by Crippen LogP contribution is -2.38. The maximum Gasteiger partial charge on any atom is 0.325 e. The number of imide groups is 1. The number of amides is 4. The van der Waals surface area contributed by atoms with Crippen LogP contribution in [0.5, 0.6) is 0 Å². The lowest BCUT2D eigenvalue weighted by molar-refractivity contribution is -0.131. The molecule has 0 aromatic heterocycles. The number of hydrogen-bond donors (Lipinski definition) is 2. The van der Waals surface area contributed by atoms with Gasteiger partial charge >= 0.3 is 6.03 Å². The molecule has 1 aliphatic rings. The molecule has 4 amide bonds. The van der Waals surface area contributed by atoms with Crippen LogP contribution in [-0.4, -0.2) is 35.3 Å². The maximum absolute atomic E-state index is 12.5. The zero-order valence-corrected chi connectivity index (χ0v) is 15.4. The van der Waals surface area contributed by atoms with Crippen LogP contribution in [0.1, 0.15) is 20.3 Å². The quantitative estimate of drug-likeness (QED) is 0.771. The summed E-state index contributed by atoms with van der Waals surface area (Å²) in [5.74, 6) is -0.488. The van der Waals surface area contributed by atoms with Crippen molar-refractivity contribution in [3.05, 3.63) is 54.6 Å². The van der Waals surface area contributed by atoms with Gasteiger partial charge in [0, 0.05) is 11.3 Å². The predicted molar refractivity (Wildman–Crippen MR) is 104 cm³/mol. The smallest absolute Gasteiger partial charge is 0.325 e. The number of para-hydroxylation sites is 1. The van der Waals surface area contributed by atoms with E-state index in [2.05, 4.69) is 10.6 Å². The number of nitrogens with one attached hydrogen (secondary N) is 2. The van der Waals surface area contributed by atoms with Gasteiger partial charge in [-0.05, 0) is 24.0 Å². The second kappa shape index (κ2) is 8.03. The fourth-order valence-electron chi connectivity index (χ4n) is 3.15. The zero-order valence-electron chi connectivity index (χ0n) is 15.4. The minimum atomic E-state index is -0.554. The Balaban J connectivity index is 1.70. The van der Waals surface area contributed by atoms with Gasteiger partial charge in [0.15, 0.2) is 0 Å². The van der Waals surface area contributed by atoms with E-state index in [1.54, 1.807) is 6.07 Å². The summed E-state index contributed by atoms with van der Waals surface area (Å²) >= 11 is 0. The maximum atomic E-state index is 12.5. The highest BCUT2D eigenvalue weighted by atomic mass is 16.2. The highest BCUT2D eigenvalue weighted by Gasteiger charge is 2.39. The SMILES string of the molecule is CC(C)C[C@H]1NC(=O)N(CC(=O)Nc2ccccc2-c2ccccc2)C1=O. The number of benzene rings is 2. The number of carbonyl (C=O) groups excluding carboxylic acids is 3. The van der Waals surface area contributed by atoms with Gasteiger partial charge in [-0.3, -0.25) is 14.5 Å². The van der Waals surface area contributed by atoms with Crippen molar-refractivity contribution in [3.63, 3.8) is 0 Å². The van der Waals surface area contributed by atoms with Gasteiger partial charge in [-0.15, -0.1) is 0 Å². The molecule has 0 unspecified atom stereocenters. The third kappa shape index (κ3) is 4.34. The van der Waals surface area contributed by atoms with E-state index in [0.29, 0.717) is 12.1 Å². The lowest BCUT2D eigenvalue weighted by atomic mass is 10.0. The normalized spacial score (nSPS) is 16.6. The Morgan fingerprint density at radius 2 is 1.74 bits per heavy atom. The van der Waals surface area contributed by atoms with E-state index in [9.17, 15) is 14.4 Å². The number of carbonyl (C=O) groups is 3. The van der Waals surface area contributed by atoms with E-state index in [-0.39, 0.29) is 18.4 Å². The van der Waals surface area contributed by atoms with Crippen molar-refractivity contribution < 1.29 is 14.4 Å². The molecule has 0 spiro atoms. The van der Waals surface area contributed by atoms with Crippen molar-refractivity contribution in [2.75, 3.05) is 11.9 Å². The lowest BCUT2D eigenvalue weighted by Gasteiger charge is -2.15. The van der Waals surface area contributed by atoms with Crippen LogP contribution in [0.4, 0.5) is 10.5 Å². The first-order chi connectivity index (χ1) is 13.0. The summed E-state index contributed by atoms with van der Waals surface area (Å²) < 4.78 is 0. The molecule has 0 aliphatic carbocycles. The number of rotatable bonds is 6. The average Bonchev–Trinajstić information content (AvgIpc) is 2.90. The van der Waals surface area contributed by atoms with Crippen molar-refractivity contribution in [3.8, 4) is 11.1 Å². The number of urea groups is 1. The molecule has 3 rings (SSSR count). The van der Waals surface area contributed by atoms with Crippen LogP contribution in [0.15, 0.2) is 54.6 Å². The van der Waals surface area contributed by atoms with Crippen LogP contribution in [0.25, 0.3) is 11.1 Å². The molecule has 2 aromatic rings. The predicted octanol–water partition coefficient (Wildman–Crippen LogP) is 3.26. The molecule has 6 heteroatoms. The van der Waals surface area contributed by atoms with E-state index >= 15 is 0 Å². The van der Waals surface area contributed by atoms with E-state index in [1.165, 1.54) is 0 Å². The average molecular weight is 365 g/mol. The van der Waals surface area contributed by atoms with Crippen molar-refractivity contribution in [2.45, 2.75) is 26.3 Å². The monoisotopic (exact) mass is 365 g/mol. The van der Waals surface area contributed by atoms with Gasteiger partial charge in [-0.1, -0.05) is 62.4 Å². The van der Waals surface area contributed by atoms with Gasteiger partial charge in [0.05, 0.1) is 0 Å². The van der Waals surface area contributed by atoms with Crippen LogP contribution in [-0.2, 0) is 9.59 Å². The largest absolute Gasteiger partial charge is 0.326 e. The van der Waals surface area contributed by atoms with Crippen LogP contribution < -0.4 is 10.6 Å². The van der Waals surface area contributed by atoms with Crippen molar-refractivity contribution >= 4 is 23.5 Å². The first-order valence-corrected chi connectivity index (χ1v) is 9.02.